The summed E-state index contributed by atoms with van der Waals surface area (Å²) in [6.07, 6.45) is 1.98. The van der Waals surface area contributed by atoms with Gasteiger partial charge in [0.05, 0.1) is 5.52 Å². The fraction of sp³-hybridized carbons (Fsp3) is 0.364. The van der Waals surface area contributed by atoms with Gasteiger partial charge < -0.3 is 19.7 Å². The minimum Gasteiger partial charge on any atom is -0.483 e. The van der Waals surface area contributed by atoms with E-state index in [0.717, 1.165) is 46.4 Å². The molecule has 0 bridgehead atoms. The van der Waals surface area contributed by atoms with E-state index in [2.05, 4.69) is 11.4 Å². The Bertz CT molecular complexity index is 1050. The molecule has 2 aromatic carbocycles. The smallest absolute Gasteiger partial charge is 0.251 e. The summed E-state index contributed by atoms with van der Waals surface area (Å²) in [5.74, 6) is 1.47. The van der Waals surface area contributed by atoms with Crippen molar-refractivity contribution in [3.05, 3.63) is 58.4 Å². The summed E-state index contributed by atoms with van der Waals surface area (Å²) < 4.78 is 8.47. The van der Waals surface area contributed by atoms with Gasteiger partial charge in [-0.15, -0.1) is 0 Å². The van der Waals surface area contributed by atoms with Crippen molar-refractivity contribution >= 4 is 16.9 Å². The normalized spacial score (nSPS) is 15.9. The average molecular weight is 379 g/mol. The zero-order valence-electron chi connectivity index (χ0n) is 16.5. The van der Waals surface area contributed by atoms with Crippen LogP contribution in [0.15, 0.2) is 30.3 Å². The van der Waals surface area contributed by atoms with Crippen molar-refractivity contribution in [3.63, 3.8) is 0 Å². The maximum Gasteiger partial charge on any atom is 0.251 e. The molecule has 146 valence electrons. The van der Waals surface area contributed by atoms with E-state index in [1.54, 1.807) is 7.05 Å². The van der Waals surface area contributed by atoms with Crippen LogP contribution in [0, 0.1) is 6.92 Å². The second kappa shape index (κ2) is 7.28. The second-order valence-corrected chi connectivity index (χ2v) is 7.21. The molecule has 1 aromatic heterocycles. The van der Waals surface area contributed by atoms with Crippen LogP contribution in [0.2, 0.25) is 0 Å². The molecule has 6 heteroatoms. The largest absolute Gasteiger partial charge is 0.483 e. The lowest BCUT2D eigenvalue weighted by Crippen LogP contribution is -2.24. The molecule has 0 saturated heterocycles. The zero-order chi connectivity index (χ0) is 19.8. The molecule has 1 atom stereocenters. The molecule has 0 fully saturated rings. The quantitative estimate of drug-likeness (QED) is 0.731. The molecule has 3 aromatic rings. The number of aryl methyl sites for hydroxylation is 2. The van der Waals surface area contributed by atoms with E-state index in [1.807, 2.05) is 42.8 Å². The number of hydrogen-bond acceptors (Lipinski definition) is 4. The van der Waals surface area contributed by atoms with E-state index in [4.69, 9.17) is 9.72 Å². The molecule has 1 aliphatic heterocycles. The van der Waals surface area contributed by atoms with Gasteiger partial charge in [-0.1, -0.05) is 24.3 Å². The molecule has 2 N–H and O–H groups in total. The lowest BCUT2D eigenvalue weighted by molar-refractivity contribution is 0.0959. The van der Waals surface area contributed by atoms with Gasteiger partial charge in [0.15, 0.2) is 5.75 Å². The highest BCUT2D eigenvalue weighted by molar-refractivity contribution is 6.01. The van der Waals surface area contributed by atoms with Crippen molar-refractivity contribution < 1.29 is 14.6 Å². The molecule has 2 heterocycles. The number of nitrogens with one attached hydrogen (secondary N) is 1. The summed E-state index contributed by atoms with van der Waals surface area (Å²) in [5, 5.41) is 12.1. The summed E-state index contributed by atoms with van der Waals surface area (Å²) in [5.41, 5.74) is 5.43. The number of fused-ring (bicyclic) bond motifs is 3. The monoisotopic (exact) mass is 379 g/mol. The van der Waals surface area contributed by atoms with Crippen LogP contribution < -0.4 is 10.1 Å². The first-order chi connectivity index (χ1) is 13.5. The molecule has 0 unspecified atom stereocenters. The Morgan fingerprint density at radius 1 is 1.39 bits per heavy atom. The number of carbonyl (C=O) groups excluding carboxylic acids is 1. The first-order valence-corrected chi connectivity index (χ1v) is 9.61. The van der Waals surface area contributed by atoms with E-state index in [-0.39, 0.29) is 18.6 Å². The predicted octanol–water partition coefficient (Wildman–Crippen LogP) is 2.84. The number of carbonyl (C=O) groups is 1. The molecule has 4 rings (SSSR count). The van der Waals surface area contributed by atoms with Crippen molar-refractivity contribution in [2.45, 2.75) is 32.3 Å². The number of aliphatic hydroxyl groups is 1. The number of amides is 1. The van der Waals surface area contributed by atoms with Crippen molar-refractivity contribution in [2.24, 2.45) is 7.05 Å². The number of hydrogen-bond donors (Lipinski definition) is 2. The SMILES string of the molecule is CNC(=O)c1cc2c(nc(C)n2C)c2c1CC[C@@H](c1ccccc1CCO)O2. The maximum absolute atomic E-state index is 12.5. The molecule has 28 heavy (non-hydrogen) atoms. The summed E-state index contributed by atoms with van der Waals surface area (Å²) in [4.78, 5) is 17.2. The third-order valence-electron chi connectivity index (χ3n) is 5.63. The Labute approximate surface area is 164 Å². The minimum absolute atomic E-state index is 0.102. The lowest BCUT2D eigenvalue weighted by atomic mass is 9.90. The van der Waals surface area contributed by atoms with Gasteiger partial charge in [0.2, 0.25) is 0 Å². The molecular formula is C22H25N3O3. The molecule has 0 spiro atoms. The van der Waals surface area contributed by atoms with Crippen LogP contribution >= 0.6 is 0 Å². The van der Waals surface area contributed by atoms with E-state index in [0.29, 0.717) is 17.7 Å². The van der Waals surface area contributed by atoms with Gasteiger partial charge in [-0.2, -0.15) is 0 Å². The van der Waals surface area contributed by atoms with Gasteiger partial charge in [0.25, 0.3) is 5.91 Å². The molecule has 0 aliphatic carbocycles. The number of nitrogens with zero attached hydrogens (tertiary/aromatic N) is 2. The zero-order valence-corrected chi connectivity index (χ0v) is 16.5. The van der Waals surface area contributed by atoms with Crippen molar-refractivity contribution in [1.82, 2.24) is 14.9 Å². The topological polar surface area (TPSA) is 76.4 Å². The Hall–Kier alpha value is -2.86. The number of rotatable bonds is 4. The van der Waals surface area contributed by atoms with E-state index >= 15 is 0 Å². The van der Waals surface area contributed by atoms with Crippen molar-refractivity contribution in [2.75, 3.05) is 13.7 Å². The van der Waals surface area contributed by atoms with Gasteiger partial charge in [0, 0.05) is 31.8 Å². The van der Waals surface area contributed by atoms with Crippen LogP contribution in [-0.2, 0) is 19.9 Å². The fourth-order valence-corrected chi connectivity index (χ4v) is 4.05. The highest BCUT2D eigenvalue weighted by atomic mass is 16.5. The van der Waals surface area contributed by atoms with E-state index in [9.17, 15) is 9.90 Å². The molecular weight excluding hydrogens is 354 g/mol. The highest BCUT2D eigenvalue weighted by Gasteiger charge is 2.30. The van der Waals surface area contributed by atoms with Gasteiger partial charge >= 0.3 is 0 Å². The average Bonchev–Trinajstić information content (AvgIpc) is 3.01. The Balaban J connectivity index is 1.86. The predicted molar refractivity (Wildman–Crippen MR) is 108 cm³/mol. The lowest BCUT2D eigenvalue weighted by Gasteiger charge is -2.29. The van der Waals surface area contributed by atoms with Crippen LogP contribution in [-0.4, -0.2) is 34.2 Å². The number of benzene rings is 2. The van der Waals surface area contributed by atoms with Crippen LogP contribution in [0.1, 0.15) is 45.4 Å². The number of aliphatic hydroxyl groups excluding tert-OH is 1. The standard InChI is InChI=1S/C22H25N3O3/c1-13-24-20-18(25(13)3)12-17(22(27)23-2)16-8-9-19(28-21(16)20)15-7-5-4-6-14(15)10-11-26/h4-7,12,19,26H,8-11H2,1-3H3,(H,23,27)/t19-/m0/s1. The Morgan fingerprint density at radius 2 is 2.18 bits per heavy atom. The number of aromatic nitrogens is 2. The first kappa shape index (κ1) is 18.5. The van der Waals surface area contributed by atoms with E-state index < -0.39 is 0 Å². The Kier molecular flexibility index (Phi) is 4.81. The molecule has 6 nitrogen and oxygen atoms in total. The fourth-order valence-electron chi connectivity index (χ4n) is 4.05. The van der Waals surface area contributed by atoms with E-state index in [1.165, 1.54) is 0 Å². The summed E-state index contributed by atoms with van der Waals surface area (Å²) in [6.45, 7) is 2.05. The third kappa shape index (κ3) is 2.94. The van der Waals surface area contributed by atoms with Gasteiger partial charge in [-0.05, 0) is 43.4 Å². The number of ether oxygens (including phenoxy) is 1. The van der Waals surface area contributed by atoms with Crippen molar-refractivity contribution in [1.29, 1.82) is 0 Å². The first-order valence-electron chi connectivity index (χ1n) is 9.61. The summed E-state index contributed by atoms with van der Waals surface area (Å²) >= 11 is 0. The molecule has 0 saturated carbocycles. The highest BCUT2D eigenvalue weighted by Crippen LogP contribution is 2.42. The van der Waals surface area contributed by atoms with Crippen LogP contribution in [0.25, 0.3) is 11.0 Å². The minimum atomic E-state index is -0.124. The van der Waals surface area contributed by atoms with Crippen molar-refractivity contribution in [3.8, 4) is 5.75 Å². The van der Waals surface area contributed by atoms with Gasteiger partial charge in [0.1, 0.15) is 17.4 Å². The maximum atomic E-state index is 12.5. The van der Waals surface area contributed by atoms with Crippen LogP contribution in [0.5, 0.6) is 5.75 Å². The molecule has 1 amide bonds. The van der Waals surface area contributed by atoms with Crippen LogP contribution in [0.3, 0.4) is 0 Å². The molecule has 1 aliphatic rings. The summed E-state index contributed by atoms with van der Waals surface area (Å²) in [7, 11) is 3.59. The number of imidazole rings is 1. The summed E-state index contributed by atoms with van der Waals surface area (Å²) in [6, 6.07) is 9.98. The van der Waals surface area contributed by atoms with Gasteiger partial charge in [-0.3, -0.25) is 4.79 Å². The molecule has 0 radical (unpaired) electrons. The third-order valence-corrected chi connectivity index (χ3v) is 5.63. The second-order valence-electron chi connectivity index (χ2n) is 7.21. The van der Waals surface area contributed by atoms with Crippen LogP contribution in [0.4, 0.5) is 0 Å². The Morgan fingerprint density at radius 3 is 2.93 bits per heavy atom. The van der Waals surface area contributed by atoms with Gasteiger partial charge in [-0.25, -0.2) is 4.98 Å².